The molecule has 0 radical (unpaired) electrons. The largest absolute Gasteiger partial charge is 0.346 e. The molecule has 0 aliphatic heterocycles. The molecule has 0 saturated heterocycles. The van der Waals surface area contributed by atoms with E-state index in [1.165, 1.54) is 0 Å². The lowest BCUT2D eigenvalue weighted by Crippen LogP contribution is -2.08. The first-order chi connectivity index (χ1) is 23.0. The second kappa shape index (κ2) is 12.3. The number of nitrogens with zero attached hydrogens (tertiary/aromatic N) is 6. The summed E-state index contributed by atoms with van der Waals surface area (Å²) in [6, 6.07) is 4.92. The van der Waals surface area contributed by atoms with Gasteiger partial charge >= 0.3 is 5.69 Å². The van der Waals surface area contributed by atoms with Gasteiger partial charge < -0.3 is 0 Å². The number of nitriles is 5. The van der Waals surface area contributed by atoms with Crippen LogP contribution in [-0.4, -0.2) is 4.92 Å². The molecule has 1 aliphatic carbocycles. The fraction of sp³-hybridized carbons (Fsp3) is 0.0333. The highest BCUT2D eigenvalue weighted by Crippen LogP contribution is 2.57. The average Bonchev–Trinajstić information content (AvgIpc) is 3.78. The van der Waals surface area contributed by atoms with Gasteiger partial charge in [0.25, 0.3) is 0 Å². The van der Waals surface area contributed by atoms with Crippen LogP contribution in [0.3, 0.4) is 0 Å². The highest BCUT2D eigenvalue weighted by Gasteiger charge is 2.46. The Kier molecular flexibility index (Phi) is 8.73. The Morgan fingerprint density at radius 3 is 1.06 bits per heavy atom. The minimum atomic E-state index is -2.74. The monoisotopic (exact) mass is 688 g/mol. The maximum atomic E-state index is 15.4. The highest BCUT2D eigenvalue weighted by molar-refractivity contribution is 6.12. The molecular weight excluding hydrogens is 685 g/mol. The summed E-state index contributed by atoms with van der Waals surface area (Å²) in [6.45, 7) is 0.696. The number of halogens is 11. The number of hydrogen-bond acceptors (Lipinski definition) is 7. The van der Waals surface area contributed by atoms with E-state index in [-0.39, 0.29) is 0 Å². The molecule has 0 aromatic heterocycles. The van der Waals surface area contributed by atoms with Crippen molar-refractivity contribution in [3.63, 3.8) is 0 Å². The Morgan fingerprint density at radius 1 is 0.490 bits per heavy atom. The van der Waals surface area contributed by atoms with E-state index in [1.54, 1.807) is 0 Å². The van der Waals surface area contributed by atoms with Crippen molar-refractivity contribution >= 4 is 22.4 Å². The predicted octanol–water partition coefficient (Wildman–Crippen LogP) is 7.42. The lowest BCUT2D eigenvalue weighted by molar-refractivity contribution is -0.390. The Morgan fingerprint density at radius 2 is 0.776 bits per heavy atom. The van der Waals surface area contributed by atoms with Crippen molar-refractivity contribution in [1.82, 2.24) is 0 Å². The molecule has 242 valence electrons. The fourth-order valence-electron chi connectivity index (χ4n) is 4.73. The van der Waals surface area contributed by atoms with Crippen LogP contribution >= 0.6 is 0 Å². The first kappa shape index (κ1) is 34.8. The van der Waals surface area contributed by atoms with Gasteiger partial charge in [-0.2, -0.15) is 35.1 Å². The molecule has 0 amide bonds. The molecule has 3 aromatic carbocycles. The summed E-state index contributed by atoms with van der Waals surface area (Å²) in [7, 11) is 0. The molecule has 49 heavy (non-hydrogen) atoms. The third kappa shape index (κ3) is 4.87. The molecule has 19 heteroatoms. The molecule has 0 atom stereocenters. The Balaban J connectivity index is 2.38. The van der Waals surface area contributed by atoms with E-state index in [2.05, 4.69) is 0 Å². The minimum Gasteiger partial charge on any atom is -0.258 e. The zero-order chi connectivity index (χ0) is 37.0. The maximum Gasteiger partial charge on any atom is 0.346 e. The first-order valence-corrected chi connectivity index (χ1v) is 12.3. The van der Waals surface area contributed by atoms with Crippen LogP contribution in [0.2, 0.25) is 0 Å². The summed E-state index contributed by atoms with van der Waals surface area (Å²) in [4.78, 5) is 9.09. The number of nitro benzene ring substituents is 1. The zero-order valence-electron chi connectivity index (χ0n) is 23.2. The van der Waals surface area contributed by atoms with Crippen LogP contribution in [0.25, 0.3) is 16.7 Å². The molecule has 1 fully saturated rings. The van der Waals surface area contributed by atoms with E-state index in [0.717, 1.165) is 30.3 Å². The molecule has 0 heterocycles. The summed E-state index contributed by atoms with van der Waals surface area (Å²) < 4.78 is 164. The maximum absolute atomic E-state index is 15.4. The van der Waals surface area contributed by atoms with E-state index in [4.69, 9.17) is 10.5 Å². The van der Waals surface area contributed by atoms with E-state index < -0.39 is 141 Å². The molecule has 3 aromatic rings. The standard InChI is InChI=1S/C30H3F11N6O2/c1-7-8(2-42)20(32)23(35)16(19(7)31)9(3-43)13-14(10(4-44)17-24(36)21(33)12(6-46)22(34)25(17)37)15(13)11(5-45)18-26(38)28(40)30(47(48)49)29(41)27(18)39/h1H3. The molecule has 1 aliphatic rings. The molecular formula is C30H3F11N6O2. The molecule has 4 rings (SSSR count). The minimum absolute atomic E-state index is 0.696. The van der Waals surface area contributed by atoms with Gasteiger partial charge in [0.2, 0.25) is 11.6 Å². The first-order valence-electron chi connectivity index (χ1n) is 12.3. The highest BCUT2D eigenvalue weighted by atomic mass is 19.2. The van der Waals surface area contributed by atoms with Crippen molar-refractivity contribution in [3.05, 3.63) is 124 Å². The predicted molar refractivity (Wildman–Crippen MR) is 137 cm³/mol. The van der Waals surface area contributed by atoms with E-state index in [0.29, 0.717) is 6.92 Å². The van der Waals surface area contributed by atoms with Crippen LogP contribution in [-0.2, 0) is 0 Å². The van der Waals surface area contributed by atoms with Crippen molar-refractivity contribution in [3.8, 4) is 30.3 Å². The van der Waals surface area contributed by atoms with Crippen LogP contribution in [0, 0.1) is 138 Å². The van der Waals surface area contributed by atoms with Crippen molar-refractivity contribution in [2.45, 2.75) is 6.92 Å². The molecule has 0 spiro atoms. The molecule has 1 saturated carbocycles. The molecule has 8 nitrogen and oxygen atoms in total. The van der Waals surface area contributed by atoms with Crippen molar-refractivity contribution in [2.75, 3.05) is 0 Å². The van der Waals surface area contributed by atoms with E-state index in [9.17, 15) is 47.9 Å². The summed E-state index contributed by atoms with van der Waals surface area (Å²) in [5.74, 6) is -27.1. The van der Waals surface area contributed by atoms with Gasteiger partial charge in [-0.15, -0.1) is 0 Å². The third-order valence-electron chi connectivity index (χ3n) is 6.99. The van der Waals surface area contributed by atoms with Gasteiger partial charge in [0.15, 0.2) is 46.5 Å². The summed E-state index contributed by atoms with van der Waals surface area (Å²) in [5.41, 5.74) is -21.7. The van der Waals surface area contributed by atoms with Crippen molar-refractivity contribution in [1.29, 1.82) is 26.3 Å². The lowest BCUT2D eigenvalue weighted by Gasteiger charge is -2.09. The van der Waals surface area contributed by atoms with Crippen LogP contribution in [0.5, 0.6) is 0 Å². The van der Waals surface area contributed by atoms with Gasteiger partial charge in [-0.05, 0) is 6.92 Å². The molecule has 0 unspecified atom stereocenters. The smallest absolute Gasteiger partial charge is 0.258 e. The van der Waals surface area contributed by atoms with E-state index >= 15 is 26.3 Å². The third-order valence-corrected chi connectivity index (χ3v) is 6.99. The number of rotatable bonds is 4. The summed E-state index contributed by atoms with van der Waals surface area (Å²) in [5, 5.41) is 58.5. The van der Waals surface area contributed by atoms with Gasteiger partial charge in [-0.1, -0.05) is 0 Å². The second-order valence-corrected chi connectivity index (χ2v) is 9.37. The van der Waals surface area contributed by atoms with Crippen LogP contribution < -0.4 is 0 Å². The number of hydrogen-bond donors (Lipinski definition) is 0. The van der Waals surface area contributed by atoms with Gasteiger partial charge in [-0.25, -0.2) is 39.5 Å². The summed E-state index contributed by atoms with van der Waals surface area (Å²) >= 11 is 0. The average molecular weight is 688 g/mol. The SMILES string of the molecule is Cc1c(F)c(C(C#N)=C2C(=C(C#N)c3c(F)c(F)c(C#N)c(F)c3F)C2=C(C#N)c2c(F)c(F)c([N+](=O)[O-])c(F)c2F)c(F)c(F)c1C#N. The quantitative estimate of drug-likeness (QED) is 0.0906. The summed E-state index contributed by atoms with van der Waals surface area (Å²) in [6.07, 6.45) is 0. The number of benzene rings is 3. The van der Waals surface area contributed by atoms with Crippen molar-refractivity contribution < 1.29 is 53.2 Å². The van der Waals surface area contributed by atoms with Crippen LogP contribution in [0.15, 0.2) is 16.7 Å². The molecule has 0 bridgehead atoms. The molecule has 0 N–H and O–H groups in total. The van der Waals surface area contributed by atoms with Gasteiger partial charge in [-0.3, -0.25) is 10.1 Å². The Hall–Kier alpha value is -7.04. The number of allylic oxidation sites excluding steroid dienone is 6. The van der Waals surface area contributed by atoms with Gasteiger partial charge in [0, 0.05) is 22.3 Å². The van der Waals surface area contributed by atoms with Crippen LogP contribution in [0.1, 0.15) is 33.4 Å². The number of nitro groups is 1. The van der Waals surface area contributed by atoms with Gasteiger partial charge in [0.1, 0.15) is 41.7 Å². The topological polar surface area (TPSA) is 162 Å². The van der Waals surface area contributed by atoms with Crippen LogP contribution in [0.4, 0.5) is 54.0 Å². The Bertz CT molecular complexity index is 2250. The van der Waals surface area contributed by atoms with E-state index in [1.807, 2.05) is 0 Å². The van der Waals surface area contributed by atoms with Crippen molar-refractivity contribution in [2.24, 2.45) is 0 Å². The second-order valence-electron chi connectivity index (χ2n) is 9.37. The van der Waals surface area contributed by atoms with Gasteiger partial charge in [0.05, 0.1) is 43.9 Å². The Labute approximate surface area is 263 Å². The zero-order valence-corrected chi connectivity index (χ0v) is 23.2. The fourth-order valence-corrected chi connectivity index (χ4v) is 4.73. The normalized spacial score (nSPS) is 14.9. The lowest BCUT2D eigenvalue weighted by atomic mass is 9.96.